The van der Waals surface area contributed by atoms with Gasteiger partial charge in [-0.1, -0.05) is 12.8 Å². The summed E-state index contributed by atoms with van der Waals surface area (Å²) in [4.78, 5) is 45.8. The third-order valence-corrected chi connectivity index (χ3v) is 3.73. The van der Waals surface area contributed by atoms with Crippen LogP contribution in [0.2, 0.25) is 0 Å². The first-order chi connectivity index (χ1) is 10.1. The lowest BCUT2D eigenvalue weighted by Crippen LogP contribution is -2.32. The molecule has 21 heavy (non-hydrogen) atoms. The van der Waals surface area contributed by atoms with Crippen molar-refractivity contribution >= 4 is 16.9 Å². The molecule has 0 radical (unpaired) electrons. The van der Waals surface area contributed by atoms with Gasteiger partial charge in [-0.05, 0) is 18.9 Å². The van der Waals surface area contributed by atoms with Crippen LogP contribution in [-0.4, -0.2) is 38.8 Å². The first-order valence-electron chi connectivity index (χ1n) is 7.07. The van der Waals surface area contributed by atoms with Crippen LogP contribution in [0.25, 0.3) is 11.0 Å². The topological polar surface area (TPSA) is 98.9 Å². The van der Waals surface area contributed by atoms with E-state index in [4.69, 9.17) is 0 Å². The van der Waals surface area contributed by atoms with Crippen LogP contribution in [0.4, 0.5) is 0 Å². The van der Waals surface area contributed by atoms with Crippen LogP contribution in [0.5, 0.6) is 0 Å². The monoisotopic (exact) mass is 288 g/mol. The van der Waals surface area contributed by atoms with Crippen molar-refractivity contribution in [1.29, 1.82) is 0 Å². The van der Waals surface area contributed by atoms with E-state index in [2.05, 4.69) is 15.0 Å². The van der Waals surface area contributed by atoms with E-state index in [1.165, 1.54) is 12.3 Å². The van der Waals surface area contributed by atoms with Crippen molar-refractivity contribution in [3.05, 3.63) is 38.7 Å². The van der Waals surface area contributed by atoms with Gasteiger partial charge in [-0.15, -0.1) is 0 Å². The highest BCUT2D eigenvalue weighted by Gasteiger charge is 2.18. The van der Waals surface area contributed by atoms with E-state index in [1.54, 1.807) is 4.90 Å². The van der Waals surface area contributed by atoms with E-state index < -0.39 is 11.2 Å². The number of pyridine rings is 1. The molecule has 7 nitrogen and oxygen atoms in total. The molecule has 2 aromatic heterocycles. The Kier molecular flexibility index (Phi) is 3.55. The third-order valence-electron chi connectivity index (χ3n) is 3.73. The Labute approximate surface area is 120 Å². The summed E-state index contributed by atoms with van der Waals surface area (Å²) in [7, 11) is 0. The van der Waals surface area contributed by atoms with E-state index in [-0.39, 0.29) is 16.9 Å². The maximum Gasteiger partial charge on any atom is 0.327 e. The summed E-state index contributed by atoms with van der Waals surface area (Å²) in [6, 6.07) is 1.49. The van der Waals surface area contributed by atoms with Crippen molar-refractivity contribution in [2.45, 2.75) is 25.7 Å². The number of carbonyl (C=O) groups is 1. The number of nitrogens with zero attached hydrogens (tertiary/aromatic N) is 2. The number of aromatic amines is 2. The number of carbonyl (C=O) groups excluding carboxylic acids is 1. The highest BCUT2D eigenvalue weighted by atomic mass is 16.2. The van der Waals surface area contributed by atoms with Crippen molar-refractivity contribution in [3.63, 3.8) is 0 Å². The largest absolute Gasteiger partial charge is 0.339 e. The maximum atomic E-state index is 12.5. The average Bonchev–Trinajstić information content (AvgIpc) is 2.75. The third kappa shape index (κ3) is 2.72. The minimum Gasteiger partial charge on any atom is -0.339 e. The Morgan fingerprint density at radius 2 is 1.81 bits per heavy atom. The molecule has 0 spiro atoms. The van der Waals surface area contributed by atoms with Gasteiger partial charge in [-0.3, -0.25) is 19.6 Å². The number of nitrogens with one attached hydrogen (secondary N) is 2. The van der Waals surface area contributed by atoms with Crippen LogP contribution < -0.4 is 11.2 Å². The van der Waals surface area contributed by atoms with Crippen LogP contribution in [0, 0.1) is 0 Å². The molecular weight excluding hydrogens is 272 g/mol. The minimum atomic E-state index is -0.605. The lowest BCUT2D eigenvalue weighted by molar-refractivity contribution is 0.0761. The van der Waals surface area contributed by atoms with Crippen LogP contribution >= 0.6 is 0 Å². The fourth-order valence-electron chi connectivity index (χ4n) is 2.62. The predicted octanol–water partition coefficient (Wildman–Crippen LogP) is 0.628. The summed E-state index contributed by atoms with van der Waals surface area (Å²) in [5.41, 5.74) is -0.573. The highest BCUT2D eigenvalue weighted by molar-refractivity contribution is 5.96. The molecule has 0 aromatic carbocycles. The number of rotatable bonds is 1. The van der Waals surface area contributed by atoms with Crippen molar-refractivity contribution in [1.82, 2.24) is 19.9 Å². The second kappa shape index (κ2) is 5.51. The Morgan fingerprint density at radius 3 is 2.52 bits per heavy atom. The Bertz CT molecular complexity index is 785. The molecule has 1 fully saturated rings. The number of hydrogen-bond acceptors (Lipinski definition) is 4. The van der Waals surface area contributed by atoms with Crippen molar-refractivity contribution in [3.8, 4) is 0 Å². The van der Waals surface area contributed by atoms with Gasteiger partial charge < -0.3 is 4.90 Å². The summed E-state index contributed by atoms with van der Waals surface area (Å²) in [5, 5.41) is 0.218. The number of likely N-dealkylation sites (tertiary alicyclic amines) is 1. The van der Waals surface area contributed by atoms with Gasteiger partial charge in [-0.25, -0.2) is 9.78 Å². The zero-order valence-electron chi connectivity index (χ0n) is 11.5. The molecule has 7 heteroatoms. The molecular formula is C14H16N4O3. The fourth-order valence-corrected chi connectivity index (χ4v) is 2.62. The summed E-state index contributed by atoms with van der Waals surface area (Å²) in [6.45, 7) is 1.47. The number of aromatic nitrogens is 3. The first kappa shape index (κ1) is 13.5. The SMILES string of the molecule is O=C(c1cnc2[nH]c(=O)[nH]c(=O)c2c1)N1CCCCCC1. The predicted molar refractivity (Wildman–Crippen MR) is 77.4 cm³/mol. The van der Waals surface area contributed by atoms with Gasteiger partial charge in [0.15, 0.2) is 0 Å². The smallest absolute Gasteiger partial charge is 0.327 e. The number of amides is 1. The molecule has 0 bridgehead atoms. The summed E-state index contributed by atoms with van der Waals surface area (Å²) < 4.78 is 0. The van der Waals surface area contributed by atoms with E-state index in [0.717, 1.165) is 38.8 Å². The van der Waals surface area contributed by atoms with Gasteiger partial charge in [-0.2, -0.15) is 0 Å². The van der Waals surface area contributed by atoms with Crippen molar-refractivity contribution in [2.24, 2.45) is 0 Å². The zero-order valence-corrected chi connectivity index (χ0v) is 11.5. The molecule has 110 valence electrons. The lowest BCUT2D eigenvalue weighted by atomic mass is 10.2. The summed E-state index contributed by atoms with van der Waals surface area (Å²) >= 11 is 0. The van der Waals surface area contributed by atoms with Crippen LogP contribution in [0.1, 0.15) is 36.0 Å². The molecule has 1 aliphatic heterocycles. The molecule has 0 atom stereocenters. The van der Waals surface area contributed by atoms with Crippen molar-refractivity contribution < 1.29 is 4.79 Å². The average molecular weight is 288 g/mol. The Balaban J connectivity index is 1.98. The van der Waals surface area contributed by atoms with Gasteiger partial charge in [0.25, 0.3) is 11.5 Å². The highest BCUT2D eigenvalue weighted by Crippen LogP contribution is 2.14. The van der Waals surface area contributed by atoms with Crippen LogP contribution in [0.15, 0.2) is 21.9 Å². The number of hydrogen-bond donors (Lipinski definition) is 2. The van der Waals surface area contributed by atoms with E-state index in [1.807, 2.05) is 0 Å². The fraction of sp³-hybridized carbons (Fsp3) is 0.429. The normalized spacial score (nSPS) is 15.9. The van der Waals surface area contributed by atoms with Gasteiger partial charge in [0, 0.05) is 19.3 Å². The second-order valence-corrected chi connectivity index (χ2v) is 5.23. The molecule has 1 aliphatic rings. The molecule has 2 N–H and O–H groups in total. The van der Waals surface area contributed by atoms with Crippen LogP contribution in [-0.2, 0) is 0 Å². The molecule has 0 aliphatic carbocycles. The maximum absolute atomic E-state index is 12.5. The summed E-state index contributed by atoms with van der Waals surface area (Å²) in [6.07, 6.45) is 5.69. The molecule has 1 amide bonds. The van der Waals surface area contributed by atoms with E-state index in [9.17, 15) is 14.4 Å². The van der Waals surface area contributed by atoms with E-state index >= 15 is 0 Å². The van der Waals surface area contributed by atoms with Crippen molar-refractivity contribution in [2.75, 3.05) is 13.1 Å². The number of H-pyrrole nitrogens is 2. The van der Waals surface area contributed by atoms with Crippen LogP contribution in [0.3, 0.4) is 0 Å². The van der Waals surface area contributed by atoms with Gasteiger partial charge in [0.2, 0.25) is 0 Å². The standard InChI is InChI=1S/C14H16N4O3/c19-12-10-7-9(8-15-11(10)16-14(21)17-12)13(20)18-5-3-1-2-4-6-18/h7-8H,1-6H2,(H2,15,16,17,19,21). The quantitative estimate of drug-likeness (QED) is 0.803. The molecule has 0 saturated carbocycles. The lowest BCUT2D eigenvalue weighted by Gasteiger charge is -2.20. The Morgan fingerprint density at radius 1 is 1.10 bits per heavy atom. The molecule has 1 saturated heterocycles. The second-order valence-electron chi connectivity index (χ2n) is 5.23. The summed E-state index contributed by atoms with van der Waals surface area (Å²) in [5.74, 6) is -0.114. The van der Waals surface area contributed by atoms with Gasteiger partial charge in [0.05, 0.1) is 10.9 Å². The number of fused-ring (bicyclic) bond motifs is 1. The molecule has 3 rings (SSSR count). The molecule has 0 unspecified atom stereocenters. The zero-order chi connectivity index (χ0) is 14.8. The first-order valence-corrected chi connectivity index (χ1v) is 7.07. The van der Waals surface area contributed by atoms with Gasteiger partial charge in [0.1, 0.15) is 5.65 Å². The molecule has 3 heterocycles. The molecule has 2 aromatic rings. The Hall–Kier alpha value is -2.44. The van der Waals surface area contributed by atoms with E-state index in [0.29, 0.717) is 5.56 Å². The van der Waals surface area contributed by atoms with Gasteiger partial charge >= 0.3 is 5.69 Å². The minimum absolute atomic E-state index is 0.114.